The Labute approximate surface area is 111 Å². The number of carbonyl (C=O) groups is 2. The van der Waals surface area contributed by atoms with E-state index in [1.165, 1.54) is 0 Å². The van der Waals surface area contributed by atoms with Gasteiger partial charge in [-0.25, -0.2) is 4.79 Å². The lowest BCUT2D eigenvalue weighted by Crippen LogP contribution is -2.43. The molecule has 0 unspecified atom stereocenters. The number of rotatable bonds is 6. The van der Waals surface area contributed by atoms with Crippen LogP contribution in [-0.2, 0) is 16.0 Å². The van der Waals surface area contributed by atoms with Gasteiger partial charge in [0, 0.05) is 6.42 Å². The van der Waals surface area contributed by atoms with Crippen molar-refractivity contribution in [1.29, 1.82) is 0 Å². The molecule has 1 fully saturated rings. The van der Waals surface area contributed by atoms with Gasteiger partial charge in [0.05, 0.1) is 7.11 Å². The van der Waals surface area contributed by atoms with E-state index in [2.05, 4.69) is 5.32 Å². The number of aryl methyl sites for hydroxylation is 1. The van der Waals surface area contributed by atoms with Gasteiger partial charge in [-0.15, -0.1) is 0 Å². The van der Waals surface area contributed by atoms with E-state index in [1.807, 2.05) is 24.3 Å². The summed E-state index contributed by atoms with van der Waals surface area (Å²) in [5, 5.41) is 11.6. The number of hydrogen-bond acceptors (Lipinski definition) is 3. The van der Waals surface area contributed by atoms with E-state index >= 15 is 0 Å². The highest BCUT2D eigenvalue weighted by molar-refractivity contribution is 5.89. The number of carboxylic acids is 1. The summed E-state index contributed by atoms with van der Waals surface area (Å²) < 4.78 is 5.11. The van der Waals surface area contributed by atoms with Gasteiger partial charge in [0.1, 0.15) is 11.3 Å². The van der Waals surface area contributed by atoms with E-state index < -0.39 is 11.5 Å². The van der Waals surface area contributed by atoms with Crippen molar-refractivity contribution in [3.8, 4) is 5.75 Å². The maximum Gasteiger partial charge on any atom is 0.329 e. The van der Waals surface area contributed by atoms with Crippen molar-refractivity contribution in [3.05, 3.63) is 29.8 Å². The molecule has 0 saturated heterocycles. The predicted octanol–water partition coefficient (Wildman–Crippen LogP) is 1.36. The maximum absolute atomic E-state index is 11.7. The molecule has 0 heterocycles. The zero-order valence-electron chi connectivity index (χ0n) is 10.8. The van der Waals surface area contributed by atoms with Gasteiger partial charge in [-0.1, -0.05) is 12.1 Å². The molecule has 102 valence electrons. The first kappa shape index (κ1) is 13.4. The molecule has 0 atom stereocenters. The van der Waals surface area contributed by atoms with Crippen LogP contribution in [0.3, 0.4) is 0 Å². The predicted molar refractivity (Wildman–Crippen MR) is 69.1 cm³/mol. The third kappa shape index (κ3) is 3.24. The first-order chi connectivity index (χ1) is 9.05. The number of benzene rings is 1. The molecule has 5 heteroatoms. The normalized spacial score (nSPS) is 15.6. The van der Waals surface area contributed by atoms with Gasteiger partial charge in [-0.05, 0) is 37.0 Å². The average molecular weight is 263 g/mol. The van der Waals surface area contributed by atoms with Gasteiger partial charge in [0.15, 0.2) is 0 Å². The van der Waals surface area contributed by atoms with E-state index in [0.29, 0.717) is 19.3 Å². The molecule has 1 amide bonds. The number of carboxylic acid groups (broad SMARTS) is 1. The highest BCUT2D eigenvalue weighted by atomic mass is 16.5. The van der Waals surface area contributed by atoms with Crippen LogP contribution in [-0.4, -0.2) is 29.6 Å². The smallest absolute Gasteiger partial charge is 0.329 e. The summed E-state index contributed by atoms with van der Waals surface area (Å²) >= 11 is 0. The SMILES string of the molecule is COc1cccc(CCC(=O)NC2(C(=O)O)CC2)c1. The third-order valence-corrected chi connectivity index (χ3v) is 3.31. The topological polar surface area (TPSA) is 75.6 Å². The van der Waals surface area contributed by atoms with Crippen molar-refractivity contribution >= 4 is 11.9 Å². The van der Waals surface area contributed by atoms with Crippen molar-refractivity contribution in [2.75, 3.05) is 7.11 Å². The molecular formula is C14H17NO4. The summed E-state index contributed by atoms with van der Waals surface area (Å²) in [6.07, 6.45) is 1.89. The second-order valence-corrected chi connectivity index (χ2v) is 4.79. The number of hydrogen-bond donors (Lipinski definition) is 2. The van der Waals surface area contributed by atoms with Crippen molar-refractivity contribution in [2.24, 2.45) is 0 Å². The fraction of sp³-hybridized carbons (Fsp3) is 0.429. The van der Waals surface area contributed by atoms with Crippen LogP contribution in [0.1, 0.15) is 24.8 Å². The van der Waals surface area contributed by atoms with Gasteiger partial charge in [0.2, 0.25) is 5.91 Å². The second kappa shape index (κ2) is 5.30. The monoisotopic (exact) mass is 263 g/mol. The second-order valence-electron chi connectivity index (χ2n) is 4.79. The van der Waals surface area contributed by atoms with Gasteiger partial charge in [0.25, 0.3) is 0 Å². The van der Waals surface area contributed by atoms with Gasteiger partial charge < -0.3 is 15.2 Å². The molecule has 19 heavy (non-hydrogen) atoms. The Hall–Kier alpha value is -2.04. The largest absolute Gasteiger partial charge is 0.497 e. The zero-order chi connectivity index (χ0) is 13.9. The van der Waals surface area contributed by atoms with Crippen LogP contribution in [0.25, 0.3) is 0 Å². The number of carbonyl (C=O) groups excluding carboxylic acids is 1. The van der Waals surface area contributed by atoms with E-state index in [1.54, 1.807) is 7.11 Å². The summed E-state index contributed by atoms with van der Waals surface area (Å²) in [4.78, 5) is 22.7. The zero-order valence-corrected chi connectivity index (χ0v) is 10.8. The highest BCUT2D eigenvalue weighted by Gasteiger charge is 2.51. The van der Waals surface area contributed by atoms with Crippen molar-refractivity contribution in [3.63, 3.8) is 0 Å². The van der Waals surface area contributed by atoms with Crippen LogP contribution in [0.15, 0.2) is 24.3 Å². The molecule has 0 aliphatic heterocycles. The van der Waals surface area contributed by atoms with Crippen LogP contribution in [0.5, 0.6) is 5.75 Å². The first-order valence-corrected chi connectivity index (χ1v) is 6.23. The molecule has 1 aliphatic rings. The van der Waals surface area contributed by atoms with Crippen LogP contribution < -0.4 is 10.1 Å². The van der Waals surface area contributed by atoms with Gasteiger partial charge in [-0.3, -0.25) is 4.79 Å². The minimum Gasteiger partial charge on any atom is -0.497 e. The summed E-state index contributed by atoms with van der Waals surface area (Å²) in [7, 11) is 1.59. The summed E-state index contributed by atoms with van der Waals surface area (Å²) in [5.41, 5.74) is 0.000484. The number of methoxy groups -OCH3 is 1. The van der Waals surface area contributed by atoms with Crippen LogP contribution >= 0.6 is 0 Å². The maximum atomic E-state index is 11.7. The van der Waals surface area contributed by atoms with E-state index in [-0.39, 0.29) is 12.3 Å². The Morgan fingerprint density at radius 2 is 2.16 bits per heavy atom. The molecule has 0 radical (unpaired) electrons. The standard InChI is InChI=1S/C14H17NO4/c1-19-11-4-2-3-10(9-11)5-6-12(16)15-14(7-8-14)13(17)18/h2-4,9H,5-8H2,1H3,(H,15,16)(H,17,18). The van der Waals surface area contributed by atoms with Crippen molar-refractivity contribution in [1.82, 2.24) is 5.32 Å². The Bertz CT molecular complexity index is 494. The van der Waals surface area contributed by atoms with Crippen LogP contribution in [0.4, 0.5) is 0 Å². The molecular weight excluding hydrogens is 246 g/mol. The Morgan fingerprint density at radius 3 is 2.74 bits per heavy atom. The summed E-state index contributed by atoms with van der Waals surface area (Å²) in [6, 6.07) is 7.50. The molecule has 0 aromatic heterocycles. The lowest BCUT2D eigenvalue weighted by molar-refractivity contribution is -0.143. The minimum atomic E-state index is -0.995. The molecule has 1 saturated carbocycles. The number of amides is 1. The van der Waals surface area contributed by atoms with Gasteiger partial charge >= 0.3 is 5.97 Å². The van der Waals surface area contributed by atoms with Gasteiger partial charge in [-0.2, -0.15) is 0 Å². The minimum absolute atomic E-state index is 0.220. The first-order valence-electron chi connectivity index (χ1n) is 6.23. The van der Waals surface area contributed by atoms with Crippen molar-refractivity contribution < 1.29 is 19.4 Å². The van der Waals surface area contributed by atoms with E-state index in [0.717, 1.165) is 11.3 Å². The Morgan fingerprint density at radius 1 is 1.42 bits per heavy atom. The van der Waals surface area contributed by atoms with Crippen molar-refractivity contribution in [2.45, 2.75) is 31.2 Å². The number of nitrogens with one attached hydrogen (secondary N) is 1. The van der Waals surface area contributed by atoms with Crippen LogP contribution in [0, 0.1) is 0 Å². The highest BCUT2D eigenvalue weighted by Crippen LogP contribution is 2.35. The summed E-state index contributed by atoms with van der Waals surface area (Å²) in [5.74, 6) is -0.410. The van der Waals surface area contributed by atoms with Crippen LogP contribution in [0.2, 0.25) is 0 Å². The molecule has 2 N–H and O–H groups in total. The fourth-order valence-corrected chi connectivity index (χ4v) is 1.93. The molecule has 5 nitrogen and oxygen atoms in total. The number of aliphatic carboxylic acids is 1. The lowest BCUT2D eigenvalue weighted by Gasteiger charge is -2.12. The quantitative estimate of drug-likeness (QED) is 0.812. The molecule has 1 aromatic rings. The molecule has 0 spiro atoms. The molecule has 1 aromatic carbocycles. The molecule has 2 rings (SSSR count). The Kier molecular flexibility index (Phi) is 3.74. The average Bonchev–Trinajstić information content (AvgIpc) is 3.17. The number of ether oxygens (including phenoxy) is 1. The lowest BCUT2D eigenvalue weighted by atomic mass is 10.1. The summed E-state index contributed by atoms with van der Waals surface area (Å²) in [6.45, 7) is 0. The third-order valence-electron chi connectivity index (χ3n) is 3.31. The molecule has 1 aliphatic carbocycles. The van der Waals surface area contributed by atoms with E-state index in [4.69, 9.17) is 9.84 Å². The van der Waals surface area contributed by atoms with E-state index in [9.17, 15) is 9.59 Å². The Balaban J connectivity index is 1.85. The fourth-order valence-electron chi connectivity index (χ4n) is 1.93. The molecule has 0 bridgehead atoms.